The largest absolute Gasteiger partial charge is 0.495 e. The molecule has 0 aliphatic rings. The predicted molar refractivity (Wildman–Crippen MR) is 95.4 cm³/mol. The van der Waals surface area contributed by atoms with Crippen molar-refractivity contribution in [3.63, 3.8) is 0 Å². The van der Waals surface area contributed by atoms with Gasteiger partial charge in [-0.05, 0) is 42.8 Å². The van der Waals surface area contributed by atoms with Crippen molar-refractivity contribution in [3.8, 4) is 17.0 Å². The molecule has 0 atom stereocenters. The van der Waals surface area contributed by atoms with E-state index in [1.165, 1.54) is 13.2 Å². The molecule has 0 saturated carbocycles. The van der Waals surface area contributed by atoms with Crippen LogP contribution in [-0.4, -0.2) is 23.2 Å². The minimum Gasteiger partial charge on any atom is -0.495 e. The number of methoxy groups -OCH3 is 1. The van der Waals surface area contributed by atoms with Crippen molar-refractivity contribution < 1.29 is 14.6 Å². The summed E-state index contributed by atoms with van der Waals surface area (Å²) >= 11 is 12.4. The van der Waals surface area contributed by atoms with Gasteiger partial charge in [-0.25, -0.2) is 9.78 Å². The second kappa shape index (κ2) is 6.30. The molecule has 3 aromatic rings. The predicted octanol–water partition coefficient (Wildman–Crippen LogP) is 5.22. The SMILES string of the molecule is COc1ccc(-c2cc(C(=O)O)c3c(Cl)ccc(C)c3n2)cc1Cl. The lowest BCUT2D eigenvalue weighted by Crippen LogP contribution is -2.02. The zero-order valence-electron chi connectivity index (χ0n) is 12.9. The molecule has 4 nitrogen and oxygen atoms in total. The molecule has 0 radical (unpaired) electrons. The zero-order valence-corrected chi connectivity index (χ0v) is 14.4. The number of fused-ring (bicyclic) bond motifs is 1. The molecule has 1 aromatic heterocycles. The van der Waals surface area contributed by atoms with E-state index in [1.807, 2.05) is 13.0 Å². The number of nitrogens with zero attached hydrogens (tertiary/aromatic N) is 1. The fourth-order valence-corrected chi connectivity index (χ4v) is 3.09. The fourth-order valence-electron chi connectivity index (χ4n) is 2.57. The van der Waals surface area contributed by atoms with E-state index in [1.54, 1.807) is 24.3 Å². The molecule has 0 spiro atoms. The topological polar surface area (TPSA) is 59.4 Å². The maximum atomic E-state index is 11.7. The highest BCUT2D eigenvalue weighted by Crippen LogP contribution is 2.34. The molecule has 0 saturated heterocycles. The Hall–Kier alpha value is -2.30. The van der Waals surface area contributed by atoms with E-state index in [4.69, 9.17) is 27.9 Å². The highest BCUT2D eigenvalue weighted by atomic mass is 35.5. The summed E-state index contributed by atoms with van der Waals surface area (Å²) in [7, 11) is 1.53. The molecule has 24 heavy (non-hydrogen) atoms. The average Bonchev–Trinajstić information content (AvgIpc) is 2.57. The Morgan fingerprint density at radius 3 is 2.50 bits per heavy atom. The number of carbonyl (C=O) groups is 1. The number of carboxylic acid groups (broad SMARTS) is 1. The lowest BCUT2D eigenvalue weighted by molar-refractivity contribution is 0.0699. The molecule has 1 heterocycles. The molecule has 0 fully saturated rings. The molecular weight excluding hydrogens is 349 g/mol. The molecule has 122 valence electrons. The summed E-state index contributed by atoms with van der Waals surface area (Å²) in [6, 6.07) is 10.2. The second-order valence-corrected chi connectivity index (χ2v) is 6.11. The van der Waals surface area contributed by atoms with E-state index in [-0.39, 0.29) is 5.56 Å². The van der Waals surface area contributed by atoms with Crippen molar-refractivity contribution >= 4 is 40.1 Å². The maximum absolute atomic E-state index is 11.7. The van der Waals surface area contributed by atoms with E-state index in [9.17, 15) is 9.90 Å². The minimum absolute atomic E-state index is 0.107. The van der Waals surface area contributed by atoms with Crippen LogP contribution in [0.5, 0.6) is 5.75 Å². The van der Waals surface area contributed by atoms with Crippen LogP contribution in [0.15, 0.2) is 36.4 Å². The Labute approximate surface area is 148 Å². The lowest BCUT2D eigenvalue weighted by Gasteiger charge is -2.11. The quantitative estimate of drug-likeness (QED) is 0.694. The third-order valence-electron chi connectivity index (χ3n) is 3.79. The third-order valence-corrected chi connectivity index (χ3v) is 4.40. The number of aromatic nitrogens is 1. The summed E-state index contributed by atoms with van der Waals surface area (Å²) in [6.45, 7) is 1.86. The van der Waals surface area contributed by atoms with Crippen LogP contribution in [0, 0.1) is 6.92 Å². The third kappa shape index (κ3) is 2.79. The number of pyridine rings is 1. The van der Waals surface area contributed by atoms with Crippen LogP contribution in [0.1, 0.15) is 15.9 Å². The van der Waals surface area contributed by atoms with Gasteiger partial charge >= 0.3 is 5.97 Å². The zero-order chi connectivity index (χ0) is 17.4. The summed E-state index contributed by atoms with van der Waals surface area (Å²) in [4.78, 5) is 16.3. The monoisotopic (exact) mass is 361 g/mol. The number of hydrogen-bond donors (Lipinski definition) is 1. The van der Waals surface area contributed by atoms with E-state index in [2.05, 4.69) is 4.98 Å². The van der Waals surface area contributed by atoms with Gasteiger partial charge in [0.25, 0.3) is 0 Å². The Balaban J connectivity index is 2.32. The first-order valence-corrected chi connectivity index (χ1v) is 7.85. The van der Waals surface area contributed by atoms with Crippen LogP contribution in [0.3, 0.4) is 0 Å². The van der Waals surface area contributed by atoms with Gasteiger partial charge in [-0.15, -0.1) is 0 Å². The first-order valence-electron chi connectivity index (χ1n) is 7.09. The molecule has 1 N–H and O–H groups in total. The second-order valence-electron chi connectivity index (χ2n) is 5.30. The number of ether oxygens (including phenoxy) is 1. The summed E-state index contributed by atoms with van der Waals surface area (Å²) in [5, 5.41) is 10.8. The van der Waals surface area contributed by atoms with Gasteiger partial charge in [0.2, 0.25) is 0 Å². The van der Waals surface area contributed by atoms with Crippen molar-refractivity contribution in [1.29, 1.82) is 0 Å². The molecule has 2 aromatic carbocycles. The van der Waals surface area contributed by atoms with E-state index in [0.29, 0.717) is 38.0 Å². The van der Waals surface area contributed by atoms with Crippen molar-refractivity contribution in [2.45, 2.75) is 6.92 Å². The minimum atomic E-state index is -1.06. The number of carboxylic acids is 1. The van der Waals surface area contributed by atoms with Gasteiger partial charge in [0.15, 0.2) is 0 Å². The molecule has 0 bridgehead atoms. The molecule has 6 heteroatoms. The van der Waals surface area contributed by atoms with Gasteiger partial charge in [-0.3, -0.25) is 0 Å². The Morgan fingerprint density at radius 1 is 1.12 bits per heavy atom. The first kappa shape index (κ1) is 16.6. The maximum Gasteiger partial charge on any atom is 0.336 e. The Morgan fingerprint density at radius 2 is 1.88 bits per heavy atom. The Kier molecular flexibility index (Phi) is 4.35. The lowest BCUT2D eigenvalue weighted by atomic mass is 10.0. The van der Waals surface area contributed by atoms with Crippen LogP contribution in [0.25, 0.3) is 22.2 Å². The molecule has 0 unspecified atom stereocenters. The highest BCUT2D eigenvalue weighted by Gasteiger charge is 2.17. The smallest absolute Gasteiger partial charge is 0.336 e. The van der Waals surface area contributed by atoms with Crippen LogP contribution >= 0.6 is 23.2 Å². The van der Waals surface area contributed by atoms with Gasteiger partial charge < -0.3 is 9.84 Å². The fraction of sp³-hybridized carbons (Fsp3) is 0.111. The molecule has 0 aliphatic carbocycles. The number of hydrogen-bond acceptors (Lipinski definition) is 3. The first-order chi connectivity index (χ1) is 11.4. The summed E-state index contributed by atoms with van der Waals surface area (Å²) in [5.41, 5.74) is 2.72. The van der Waals surface area contributed by atoms with Gasteiger partial charge in [-0.1, -0.05) is 29.3 Å². The van der Waals surface area contributed by atoms with Gasteiger partial charge in [0.05, 0.1) is 33.9 Å². The number of aryl methyl sites for hydroxylation is 1. The molecule has 3 rings (SSSR count). The van der Waals surface area contributed by atoms with Gasteiger partial charge in [0, 0.05) is 10.9 Å². The van der Waals surface area contributed by atoms with Crippen molar-refractivity contribution in [3.05, 3.63) is 57.6 Å². The normalized spacial score (nSPS) is 10.8. The van der Waals surface area contributed by atoms with E-state index < -0.39 is 5.97 Å². The summed E-state index contributed by atoms with van der Waals surface area (Å²) in [5.74, 6) is -0.519. The van der Waals surface area contributed by atoms with Gasteiger partial charge in [-0.2, -0.15) is 0 Å². The van der Waals surface area contributed by atoms with Gasteiger partial charge in [0.1, 0.15) is 5.75 Å². The summed E-state index contributed by atoms with van der Waals surface area (Å²) < 4.78 is 5.14. The van der Waals surface area contributed by atoms with Crippen molar-refractivity contribution in [2.75, 3.05) is 7.11 Å². The van der Waals surface area contributed by atoms with E-state index in [0.717, 1.165) is 5.56 Å². The van der Waals surface area contributed by atoms with Crippen molar-refractivity contribution in [2.24, 2.45) is 0 Å². The molecule has 0 amide bonds. The van der Waals surface area contributed by atoms with Crippen LogP contribution in [-0.2, 0) is 0 Å². The number of halogens is 2. The van der Waals surface area contributed by atoms with Crippen LogP contribution in [0.2, 0.25) is 10.0 Å². The number of benzene rings is 2. The standard InChI is InChI=1S/C18H13Cl2NO3/c1-9-3-5-12(19)16-11(18(22)23)8-14(21-17(9)16)10-4-6-15(24-2)13(20)7-10/h3-8H,1-2H3,(H,22,23). The van der Waals surface area contributed by atoms with E-state index >= 15 is 0 Å². The summed E-state index contributed by atoms with van der Waals surface area (Å²) in [6.07, 6.45) is 0. The van der Waals surface area contributed by atoms with Crippen LogP contribution in [0.4, 0.5) is 0 Å². The molecule has 0 aliphatic heterocycles. The van der Waals surface area contributed by atoms with Crippen LogP contribution < -0.4 is 4.74 Å². The Bertz CT molecular complexity index is 970. The average molecular weight is 362 g/mol. The number of aromatic carboxylic acids is 1. The number of rotatable bonds is 3. The highest BCUT2D eigenvalue weighted by molar-refractivity contribution is 6.36. The van der Waals surface area contributed by atoms with Crippen molar-refractivity contribution in [1.82, 2.24) is 4.98 Å². The molecular formula is C18H13Cl2NO3.